The Hall–Kier alpha value is -4.39. The van der Waals surface area contributed by atoms with Crippen LogP contribution in [0, 0.1) is 18.6 Å². The van der Waals surface area contributed by atoms with Crippen LogP contribution in [-0.2, 0) is 22.8 Å². The van der Waals surface area contributed by atoms with Crippen LogP contribution in [0.25, 0.3) is 16.9 Å². The maximum absolute atomic E-state index is 14.2. The lowest BCUT2D eigenvalue weighted by Crippen LogP contribution is -2.12. The lowest BCUT2D eigenvalue weighted by molar-refractivity contribution is -0.137. The lowest BCUT2D eigenvalue weighted by atomic mass is 10.1. The molecule has 1 heterocycles. The van der Waals surface area contributed by atoms with E-state index in [1.54, 1.807) is 13.0 Å². The van der Waals surface area contributed by atoms with E-state index in [2.05, 4.69) is 4.72 Å². The van der Waals surface area contributed by atoms with Crippen molar-refractivity contribution in [3.05, 3.63) is 101 Å². The molecule has 0 atom stereocenters. The molecule has 4 aromatic rings. The van der Waals surface area contributed by atoms with E-state index in [9.17, 15) is 40.3 Å². The number of aryl methyl sites for hydroxylation is 1. The topological polar surface area (TPSA) is 97.6 Å². The normalized spacial score (nSPS) is 11.9. The number of hydrogen-bond donors (Lipinski definition) is 2. The molecule has 0 bridgehead atoms. The number of alkyl halides is 3. The van der Waals surface area contributed by atoms with E-state index < -0.39 is 46.0 Å². The van der Waals surface area contributed by atoms with Gasteiger partial charge >= 0.3 is 12.1 Å². The Labute approximate surface area is 225 Å². The van der Waals surface area contributed by atoms with Crippen LogP contribution in [-0.4, -0.2) is 30.3 Å². The highest BCUT2D eigenvalue weighted by Gasteiger charge is 2.32. The van der Waals surface area contributed by atoms with Gasteiger partial charge in [-0.3, -0.25) is 4.72 Å². The number of aromatic nitrogens is 1. The van der Waals surface area contributed by atoms with Crippen molar-refractivity contribution >= 4 is 21.7 Å². The van der Waals surface area contributed by atoms with Gasteiger partial charge in [-0.15, -0.1) is 0 Å². The highest BCUT2D eigenvalue weighted by molar-refractivity contribution is 7.92. The van der Waals surface area contributed by atoms with Crippen molar-refractivity contribution in [2.75, 3.05) is 11.0 Å². The first-order valence-corrected chi connectivity index (χ1v) is 13.3. The Morgan fingerprint density at radius 1 is 1.00 bits per heavy atom. The number of carboxylic acid groups (broad SMARTS) is 1. The van der Waals surface area contributed by atoms with Crippen molar-refractivity contribution in [1.29, 1.82) is 0 Å². The third kappa shape index (κ3) is 6.42. The Kier molecular flexibility index (Phi) is 7.61. The Bertz CT molecular complexity index is 1710. The number of aromatic carboxylic acids is 1. The van der Waals surface area contributed by atoms with Gasteiger partial charge in [-0.25, -0.2) is 22.0 Å². The first-order chi connectivity index (χ1) is 18.6. The zero-order valence-corrected chi connectivity index (χ0v) is 21.7. The predicted molar refractivity (Wildman–Crippen MR) is 137 cm³/mol. The van der Waals surface area contributed by atoms with E-state index >= 15 is 0 Å². The van der Waals surface area contributed by atoms with Gasteiger partial charge in [-0.05, 0) is 67.6 Å². The fourth-order valence-corrected chi connectivity index (χ4v) is 4.60. The van der Waals surface area contributed by atoms with Gasteiger partial charge in [-0.2, -0.15) is 13.2 Å². The molecule has 0 aliphatic rings. The average Bonchev–Trinajstić information content (AvgIpc) is 3.22. The molecule has 0 radical (unpaired) electrons. The van der Waals surface area contributed by atoms with Crippen LogP contribution in [0.15, 0.2) is 66.7 Å². The van der Waals surface area contributed by atoms with Crippen LogP contribution in [0.4, 0.5) is 27.6 Å². The number of benzene rings is 3. The van der Waals surface area contributed by atoms with E-state index in [1.165, 1.54) is 22.8 Å². The first kappa shape index (κ1) is 28.6. The largest absolute Gasteiger partial charge is 0.488 e. The number of rotatable bonds is 8. The summed E-state index contributed by atoms with van der Waals surface area (Å²) in [6.07, 6.45) is -3.85. The van der Waals surface area contributed by atoms with E-state index in [1.807, 2.05) is 0 Å². The third-order valence-corrected chi connectivity index (χ3v) is 6.39. The fourth-order valence-electron chi connectivity index (χ4n) is 4.05. The quantitative estimate of drug-likeness (QED) is 0.235. The molecule has 40 heavy (non-hydrogen) atoms. The lowest BCUT2D eigenvalue weighted by Gasteiger charge is -2.19. The molecular weight excluding hydrogens is 559 g/mol. The Morgan fingerprint density at radius 3 is 2.35 bits per heavy atom. The fraction of sp³-hybridized carbons (Fsp3) is 0.148. The Balaban J connectivity index is 1.88. The van der Waals surface area contributed by atoms with Crippen molar-refractivity contribution in [3.8, 4) is 22.7 Å². The van der Waals surface area contributed by atoms with Gasteiger partial charge in [0, 0.05) is 28.6 Å². The highest BCUT2D eigenvalue weighted by Crippen LogP contribution is 2.39. The monoisotopic (exact) mass is 580 g/mol. The van der Waals surface area contributed by atoms with Gasteiger partial charge in [-0.1, -0.05) is 0 Å². The molecule has 0 aliphatic heterocycles. The molecule has 13 heteroatoms. The number of nitrogens with zero attached hydrogens (tertiary/aromatic N) is 1. The summed E-state index contributed by atoms with van der Waals surface area (Å²) in [6, 6.07) is 12.2. The minimum Gasteiger partial charge on any atom is -0.488 e. The number of nitrogens with one attached hydrogen (secondary N) is 1. The van der Waals surface area contributed by atoms with Gasteiger partial charge in [0.15, 0.2) is 0 Å². The molecule has 0 spiro atoms. The van der Waals surface area contributed by atoms with Gasteiger partial charge in [0.1, 0.15) is 24.0 Å². The number of halogens is 5. The summed E-state index contributed by atoms with van der Waals surface area (Å²) in [6.45, 7) is 1.18. The molecule has 0 aliphatic carbocycles. The number of sulfonamides is 1. The minimum absolute atomic E-state index is 0.0375. The SMILES string of the molecule is Cc1ccc(-c2cc(C(F)(F)F)ccc2OCc2ccc(F)cc2F)n1-c1cc(NS(C)(=O)=O)cc(C(=O)O)c1. The van der Waals surface area contributed by atoms with E-state index in [0.29, 0.717) is 11.8 Å². The Morgan fingerprint density at radius 2 is 1.73 bits per heavy atom. The standard InChI is InChI=1S/C27H21F5N2O5S/c1-15-3-7-24(34(15)21-10-17(26(35)36)9-20(13-21)33-40(2,37)38)22-11-18(27(30,31)32)5-8-25(22)39-14-16-4-6-19(28)12-23(16)29/h3-13,33H,14H2,1-2H3,(H,35,36). The summed E-state index contributed by atoms with van der Waals surface area (Å²) in [5, 5.41) is 9.59. The molecule has 0 amide bonds. The summed E-state index contributed by atoms with van der Waals surface area (Å²) in [5.41, 5.74) is -0.725. The molecule has 0 fully saturated rings. The maximum Gasteiger partial charge on any atom is 0.416 e. The van der Waals surface area contributed by atoms with E-state index in [4.69, 9.17) is 4.74 Å². The number of carbonyl (C=O) groups is 1. The summed E-state index contributed by atoms with van der Waals surface area (Å²) in [4.78, 5) is 11.8. The first-order valence-electron chi connectivity index (χ1n) is 11.5. The smallest absolute Gasteiger partial charge is 0.416 e. The van der Waals surface area contributed by atoms with Gasteiger partial charge in [0.25, 0.3) is 0 Å². The summed E-state index contributed by atoms with van der Waals surface area (Å²) in [7, 11) is -3.80. The maximum atomic E-state index is 14.2. The second-order valence-electron chi connectivity index (χ2n) is 8.88. The predicted octanol–water partition coefficient (Wildman–Crippen LogP) is 6.40. The second-order valence-corrected chi connectivity index (χ2v) is 10.6. The van der Waals surface area contributed by atoms with Crippen LogP contribution in [0.1, 0.15) is 27.2 Å². The van der Waals surface area contributed by atoms with Crippen molar-refractivity contribution in [2.24, 2.45) is 0 Å². The van der Waals surface area contributed by atoms with Crippen LogP contribution in [0.3, 0.4) is 0 Å². The molecule has 210 valence electrons. The molecule has 7 nitrogen and oxygen atoms in total. The van der Waals surface area contributed by atoms with Crippen molar-refractivity contribution in [1.82, 2.24) is 4.57 Å². The van der Waals surface area contributed by atoms with E-state index in [0.717, 1.165) is 42.7 Å². The summed E-state index contributed by atoms with van der Waals surface area (Å²) in [5.74, 6) is -3.14. The van der Waals surface area contributed by atoms with Crippen LogP contribution in [0.2, 0.25) is 0 Å². The third-order valence-electron chi connectivity index (χ3n) is 5.78. The minimum atomic E-state index is -4.72. The average molecular weight is 581 g/mol. The molecule has 3 aromatic carbocycles. The second kappa shape index (κ2) is 10.6. The summed E-state index contributed by atoms with van der Waals surface area (Å²) >= 11 is 0. The van der Waals surface area contributed by atoms with Crippen LogP contribution in [0.5, 0.6) is 5.75 Å². The molecular formula is C27H21F5N2O5S. The van der Waals surface area contributed by atoms with Gasteiger partial charge in [0.2, 0.25) is 10.0 Å². The molecule has 0 saturated heterocycles. The molecule has 0 unspecified atom stereocenters. The van der Waals surface area contributed by atoms with Crippen molar-refractivity contribution in [2.45, 2.75) is 19.7 Å². The number of carboxylic acids is 1. The van der Waals surface area contributed by atoms with Gasteiger partial charge < -0.3 is 14.4 Å². The van der Waals surface area contributed by atoms with Crippen LogP contribution < -0.4 is 9.46 Å². The zero-order chi connectivity index (χ0) is 29.4. The number of hydrogen-bond acceptors (Lipinski definition) is 4. The molecule has 4 rings (SSSR count). The highest BCUT2D eigenvalue weighted by atomic mass is 32.2. The number of anilines is 1. The molecule has 1 aromatic heterocycles. The van der Waals surface area contributed by atoms with Gasteiger partial charge in [0.05, 0.1) is 28.8 Å². The molecule has 2 N–H and O–H groups in total. The van der Waals surface area contributed by atoms with E-state index in [-0.39, 0.29) is 39.5 Å². The van der Waals surface area contributed by atoms with Crippen LogP contribution >= 0.6 is 0 Å². The zero-order valence-electron chi connectivity index (χ0n) is 20.9. The number of ether oxygens (including phenoxy) is 1. The van der Waals surface area contributed by atoms with Crippen molar-refractivity contribution in [3.63, 3.8) is 0 Å². The molecule has 0 saturated carbocycles. The summed E-state index contributed by atoms with van der Waals surface area (Å²) < 4.78 is 101. The van der Waals surface area contributed by atoms with Crippen molar-refractivity contribution < 1.29 is 45.0 Å².